The van der Waals surface area contributed by atoms with Crippen LogP contribution >= 0.6 is 0 Å². The summed E-state index contributed by atoms with van der Waals surface area (Å²) in [6, 6.07) is 10.9. The van der Waals surface area contributed by atoms with Gasteiger partial charge in [-0.25, -0.2) is 0 Å². The first kappa shape index (κ1) is 9.98. The van der Waals surface area contributed by atoms with Gasteiger partial charge in [-0.3, -0.25) is 4.21 Å². The molecule has 0 spiro atoms. The second kappa shape index (κ2) is 3.90. The van der Waals surface area contributed by atoms with Crippen LogP contribution in [0.1, 0.15) is 0 Å². The average Bonchev–Trinajstić information content (AvgIpc) is 2.65. The van der Waals surface area contributed by atoms with Crippen LogP contribution in [-0.2, 0) is 10.8 Å². The molecule has 2 rings (SSSR count). The topological polar surface area (TPSA) is 56.2 Å². The molecule has 1 aromatic heterocycles. The predicted octanol–water partition coefficient (Wildman–Crippen LogP) is 2.27. The molecule has 2 N–H and O–H groups in total. The lowest BCUT2D eigenvalue weighted by molar-refractivity contribution is 0.602. The Hall–Kier alpha value is -1.55. The molecule has 0 aliphatic rings. The van der Waals surface area contributed by atoms with Gasteiger partial charge in [0.1, 0.15) is 5.76 Å². The highest BCUT2D eigenvalue weighted by molar-refractivity contribution is 7.84. The number of hydrogen-bond donors (Lipinski definition) is 1. The SMILES string of the molecule is CS(=O)c1cccc(-c2ccc(N)o2)c1. The molecule has 15 heavy (non-hydrogen) atoms. The Balaban J connectivity index is 2.45. The minimum absolute atomic E-state index is 0.382. The highest BCUT2D eigenvalue weighted by atomic mass is 32.2. The Morgan fingerprint density at radius 2 is 2.07 bits per heavy atom. The van der Waals surface area contributed by atoms with E-state index in [1.165, 1.54) is 0 Å². The van der Waals surface area contributed by atoms with Gasteiger partial charge in [-0.2, -0.15) is 0 Å². The van der Waals surface area contributed by atoms with Crippen molar-refractivity contribution in [3.05, 3.63) is 36.4 Å². The highest BCUT2D eigenvalue weighted by Crippen LogP contribution is 2.24. The number of nitrogens with two attached hydrogens (primary N) is 1. The van der Waals surface area contributed by atoms with Crippen molar-refractivity contribution in [2.24, 2.45) is 0 Å². The zero-order valence-corrected chi connectivity index (χ0v) is 9.08. The molecule has 3 nitrogen and oxygen atoms in total. The fraction of sp³-hybridized carbons (Fsp3) is 0.0909. The average molecular weight is 221 g/mol. The van der Waals surface area contributed by atoms with Gasteiger partial charge in [0, 0.05) is 33.6 Å². The molecule has 0 radical (unpaired) electrons. The molecule has 1 aromatic carbocycles. The zero-order valence-electron chi connectivity index (χ0n) is 8.27. The molecular weight excluding hydrogens is 210 g/mol. The van der Waals surface area contributed by atoms with Gasteiger partial charge in [0.05, 0.1) is 0 Å². The van der Waals surface area contributed by atoms with Crippen molar-refractivity contribution in [1.82, 2.24) is 0 Å². The van der Waals surface area contributed by atoms with Gasteiger partial charge in [-0.1, -0.05) is 12.1 Å². The summed E-state index contributed by atoms with van der Waals surface area (Å²) in [5.74, 6) is 1.08. The summed E-state index contributed by atoms with van der Waals surface area (Å²) >= 11 is 0. The molecule has 1 heterocycles. The fourth-order valence-electron chi connectivity index (χ4n) is 1.34. The molecule has 0 fully saturated rings. The summed E-state index contributed by atoms with van der Waals surface area (Å²) in [7, 11) is -0.979. The Morgan fingerprint density at radius 3 is 2.67 bits per heavy atom. The number of benzene rings is 1. The molecule has 0 saturated carbocycles. The van der Waals surface area contributed by atoms with Gasteiger partial charge < -0.3 is 10.2 Å². The van der Waals surface area contributed by atoms with E-state index < -0.39 is 10.8 Å². The number of furan rings is 1. The normalized spacial score (nSPS) is 12.6. The molecule has 1 atom stereocenters. The van der Waals surface area contributed by atoms with Crippen molar-refractivity contribution in [2.45, 2.75) is 4.90 Å². The summed E-state index contributed by atoms with van der Waals surface area (Å²) in [4.78, 5) is 0.780. The van der Waals surface area contributed by atoms with Gasteiger partial charge >= 0.3 is 0 Å². The van der Waals surface area contributed by atoms with Gasteiger partial charge in [-0.15, -0.1) is 0 Å². The first-order chi connectivity index (χ1) is 7.16. The van der Waals surface area contributed by atoms with Crippen molar-refractivity contribution >= 4 is 16.7 Å². The van der Waals surface area contributed by atoms with E-state index in [1.807, 2.05) is 24.3 Å². The summed E-state index contributed by atoms with van der Waals surface area (Å²) < 4.78 is 16.6. The van der Waals surface area contributed by atoms with Gasteiger partial charge in [0.25, 0.3) is 0 Å². The summed E-state index contributed by atoms with van der Waals surface area (Å²) in [6.45, 7) is 0. The third kappa shape index (κ3) is 2.10. The Labute approximate surface area is 90.4 Å². The van der Waals surface area contributed by atoms with Crippen LogP contribution in [0.25, 0.3) is 11.3 Å². The van der Waals surface area contributed by atoms with Crippen LogP contribution in [0, 0.1) is 0 Å². The van der Waals surface area contributed by atoms with E-state index in [-0.39, 0.29) is 0 Å². The van der Waals surface area contributed by atoms with Crippen molar-refractivity contribution in [2.75, 3.05) is 12.0 Å². The molecule has 4 heteroatoms. The molecule has 78 valence electrons. The maximum Gasteiger partial charge on any atom is 0.190 e. The van der Waals surface area contributed by atoms with Crippen LogP contribution in [0.2, 0.25) is 0 Å². The fourth-order valence-corrected chi connectivity index (χ4v) is 1.90. The van der Waals surface area contributed by atoms with Crippen LogP contribution in [0.3, 0.4) is 0 Å². The molecule has 1 unspecified atom stereocenters. The van der Waals surface area contributed by atoms with E-state index in [4.69, 9.17) is 10.2 Å². The Morgan fingerprint density at radius 1 is 1.27 bits per heavy atom. The quantitative estimate of drug-likeness (QED) is 0.846. The number of anilines is 1. The number of rotatable bonds is 2. The highest BCUT2D eigenvalue weighted by Gasteiger charge is 2.04. The minimum Gasteiger partial charge on any atom is -0.441 e. The number of hydrogen-bond acceptors (Lipinski definition) is 3. The third-order valence-electron chi connectivity index (χ3n) is 2.08. The standard InChI is InChI=1S/C11H11NO2S/c1-15(13)9-4-2-3-8(7-9)10-5-6-11(12)14-10/h2-7H,12H2,1H3. The second-order valence-corrected chi connectivity index (χ2v) is 4.56. The van der Waals surface area contributed by atoms with Crippen molar-refractivity contribution in [1.29, 1.82) is 0 Å². The van der Waals surface area contributed by atoms with Crippen molar-refractivity contribution in [3.8, 4) is 11.3 Å². The van der Waals surface area contributed by atoms with E-state index >= 15 is 0 Å². The maximum atomic E-state index is 11.3. The second-order valence-electron chi connectivity index (χ2n) is 3.18. The van der Waals surface area contributed by atoms with Gasteiger partial charge in [0.2, 0.25) is 0 Å². The third-order valence-corrected chi connectivity index (χ3v) is 3.00. The van der Waals surface area contributed by atoms with E-state index in [9.17, 15) is 4.21 Å². The first-order valence-corrected chi connectivity index (χ1v) is 6.02. The van der Waals surface area contributed by atoms with Gasteiger partial charge in [0.15, 0.2) is 5.88 Å². The first-order valence-electron chi connectivity index (χ1n) is 4.46. The predicted molar refractivity (Wildman–Crippen MR) is 60.9 cm³/mol. The Bertz CT molecular complexity index is 505. The van der Waals surface area contributed by atoms with Crippen LogP contribution < -0.4 is 5.73 Å². The van der Waals surface area contributed by atoms with Crippen molar-refractivity contribution in [3.63, 3.8) is 0 Å². The van der Waals surface area contributed by atoms with Crippen LogP contribution in [0.4, 0.5) is 5.88 Å². The smallest absolute Gasteiger partial charge is 0.190 e. The van der Waals surface area contributed by atoms with E-state index in [0.717, 1.165) is 10.5 Å². The summed E-state index contributed by atoms with van der Waals surface area (Å²) in [6.07, 6.45) is 1.65. The summed E-state index contributed by atoms with van der Waals surface area (Å²) in [5.41, 5.74) is 6.38. The van der Waals surface area contributed by atoms with E-state index in [2.05, 4.69) is 0 Å². The molecule has 0 aliphatic heterocycles. The zero-order chi connectivity index (χ0) is 10.8. The van der Waals surface area contributed by atoms with Crippen LogP contribution in [0.5, 0.6) is 0 Å². The lowest BCUT2D eigenvalue weighted by atomic mass is 10.2. The summed E-state index contributed by atoms with van der Waals surface area (Å²) in [5, 5.41) is 0. The molecule has 2 aromatic rings. The molecule has 0 aliphatic carbocycles. The monoisotopic (exact) mass is 221 g/mol. The van der Waals surface area contributed by atoms with E-state index in [0.29, 0.717) is 11.6 Å². The van der Waals surface area contributed by atoms with Crippen molar-refractivity contribution < 1.29 is 8.63 Å². The van der Waals surface area contributed by atoms with E-state index in [1.54, 1.807) is 18.4 Å². The van der Waals surface area contributed by atoms with Crippen LogP contribution in [0.15, 0.2) is 45.7 Å². The van der Waals surface area contributed by atoms with Crippen LogP contribution in [-0.4, -0.2) is 10.5 Å². The maximum absolute atomic E-state index is 11.3. The lowest BCUT2D eigenvalue weighted by Gasteiger charge is -1.99. The largest absolute Gasteiger partial charge is 0.441 e. The molecular formula is C11H11NO2S. The minimum atomic E-state index is -0.979. The molecule has 0 saturated heterocycles. The Kier molecular flexibility index (Phi) is 2.60. The molecule has 0 amide bonds. The lowest BCUT2D eigenvalue weighted by Crippen LogP contribution is -1.87. The number of nitrogen functional groups attached to an aromatic ring is 1. The molecule has 0 bridgehead atoms. The van der Waals surface area contributed by atoms with Gasteiger partial charge in [-0.05, 0) is 18.2 Å².